The lowest BCUT2D eigenvalue weighted by atomic mass is 9.81. The molecule has 0 bridgehead atoms. The molecule has 0 aliphatic heterocycles. The Balaban J connectivity index is -0.00000882. The SMILES string of the molecule is CCCCCCCCCCCCCCOCC(CCCCCCCCOCCCCCCC)(C[N+](C)(C)C)C[N+](C)(C)C.[I-].[I-]. The molecule has 0 aliphatic rings. The number of halogens is 2. The van der Waals surface area contributed by atoms with E-state index in [1.807, 2.05) is 0 Å². The van der Waals surface area contributed by atoms with Crippen LogP contribution in [0.5, 0.6) is 0 Å². The maximum Gasteiger partial charge on any atom is 0.0915 e. The Labute approximate surface area is 319 Å². The van der Waals surface area contributed by atoms with Gasteiger partial charge in [0.2, 0.25) is 0 Å². The number of quaternary nitrogens is 2. The van der Waals surface area contributed by atoms with Crippen LogP contribution in [-0.4, -0.2) is 90.8 Å². The minimum absolute atomic E-state index is 0. The fourth-order valence-electron chi connectivity index (χ4n) is 7.04. The van der Waals surface area contributed by atoms with E-state index in [0.29, 0.717) is 0 Å². The Morgan fingerprint density at radius 1 is 0.378 bits per heavy atom. The molecule has 6 heteroatoms. The summed E-state index contributed by atoms with van der Waals surface area (Å²) in [5.74, 6) is 0. The van der Waals surface area contributed by atoms with Gasteiger partial charge in [0.15, 0.2) is 0 Å². The number of rotatable bonds is 34. The van der Waals surface area contributed by atoms with Gasteiger partial charge in [-0.15, -0.1) is 0 Å². The second kappa shape index (κ2) is 33.8. The molecule has 0 aromatic carbocycles. The van der Waals surface area contributed by atoms with E-state index >= 15 is 0 Å². The number of hydrogen-bond donors (Lipinski definition) is 0. The summed E-state index contributed by atoms with van der Waals surface area (Å²) < 4.78 is 14.4. The average Bonchev–Trinajstić information content (AvgIpc) is 2.91. The van der Waals surface area contributed by atoms with Gasteiger partial charge in [-0.1, -0.05) is 142 Å². The van der Waals surface area contributed by atoms with Gasteiger partial charge in [-0.05, 0) is 25.7 Å². The molecule has 0 spiro atoms. The summed E-state index contributed by atoms with van der Waals surface area (Å²) in [6, 6.07) is 0. The van der Waals surface area contributed by atoms with Crippen molar-refractivity contribution in [3.05, 3.63) is 0 Å². The summed E-state index contributed by atoms with van der Waals surface area (Å²) >= 11 is 0. The van der Waals surface area contributed by atoms with E-state index in [9.17, 15) is 0 Å². The van der Waals surface area contributed by atoms with E-state index in [-0.39, 0.29) is 53.4 Å². The lowest BCUT2D eigenvalue weighted by Gasteiger charge is -2.42. The lowest BCUT2D eigenvalue weighted by Crippen LogP contribution is -3.00. The van der Waals surface area contributed by atoms with Crippen LogP contribution in [0.15, 0.2) is 0 Å². The number of hydrogen-bond acceptors (Lipinski definition) is 2. The maximum atomic E-state index is 6.52. The van der Waals surface area contributed by atoms with Crippen molar-refractivity contribution in [3.8, 4) is 0 Å². The van der Waals surface area contributed by atoms with Crippen molar-refractivity contribution in [3.63, 3.8) is 0 Å². The molecule has 0 aliphatic carbocycles. The lowest BCUT2D eigenvalue weighted by molar-refractivity contribution is -0.903. The summed E-state index contributed by atoms with van der Waals surface area (Å²) in [7, 11) is 14.2. The topological polar surface area (TPSA) is 18.5 Å². The van der Waals surface area contributed by atoms with Gasteiger partial charge in [0.1, 0.15) is 0 Å². The highest BCUT2D eigenvalue weighted by Gasteiger charge is 2.40. The zero-order valence-corrected chi connectivity index (χ0v) is 36.5. The number of unbranched alkanes of at least 4 members (excludes halogenated alkanes) is 20. The van der Waals surface area contributed by atoms with Gasteiger partial charge in [0.05, 0.1) is 67.4 Å². The molecular formula is C39H84I2N2O2. The summed E-state index contributed by atoms with van der Waals surface area (Å²) in [6.45, 7) is 10.7. The molecule has 4 nitrogen and oxygen atoms in total. The molecule has 276 valence electrons. The van der Waals surface area contributed by atoms with Crippen LogP contribution in [0.4, 0.5) is 0 Å². The van der Waals surface area contributed by atoms with Gasteiger partial charge in [0.25, 0.3) is 0 Å². The summed E-state index contributed by atoms with van der Waals surface area (Å²) in [6.07, 6.45) is 32.7. The zero-order valence-electron chi connectivity index (χ0n) is 32.2. The van der Waals surface area contributed by atoms with E-state index in [1.165, 1.54) is 167 Å². The highest BCUT2D eigenvalue weighted by molar-refractivity contribution is 4.79. The third kappa shape index (κ3) is 38.0. The van der Waals surface area contributed by atoms with E-state index in [4.69, 9.17) is 9.47 Å². The number of nitrogens with zero attached hydrogens (tertiary/aromatic N) is 2. The minimum atomic E-state index is 0. The Kier molecular flexibility index (Phi) is 38.0. The highest BCUT2D eigenvalue weighted by Crippen LogP contribution is 2.31. The quantitative estimate of drug-likeness (QED) is 0.0525. The average molecular weight is 867 g/mol. The Hall–Kier alpha value is 1.30. The molecule has 0 aromatic rings. The van der Waals surface area contributed by atoms with Crippen molar-refractivity contribution < 1.29 is 66.4 Å². The van der Waals surface area contributed by atoms with Crippen molar-refractivity contribution >= 4 is 0 Å². The summed E-state index contributed by atoms with van der Waals surface area (Å²) in [4.78, 5) is 0. The van der Waals surface area contributed by atoms with Crippen LogP contribution in [0.3, 0.4) is 0 Å². The Bertz CT molecular complexity index is 528. The van der Waals surface area contributed by atoms with Gasteiger partial charge in [-0.2, -0.15) is 0 Å². The molecule has 0 fully saturated rings. The first-order valence-electron chi connectivity index (χ1n) is 19.3. The molecule has 0 saturated heterocycles. The molecule has 0 radical (unpaired) electrons. The molecule has 0 aromatic heterocycles. The van der Waals surface area contributed by atoms with Crippen molar-refractivity contribution in [2.75, 3.05) is 81.8 Å². The van der Waals surface area contributed by atoms with Gasteiger partial charge >= 0.3 is 0 Å². The molecule has 45 heavy (non-hydrogen) atoms. The first-order chi connectivity index (χ1) is 20.5. The van der Waals surface area contributed by atoms with Crippen LogP contribution in [0, 0.1) is 5.41 Å². The first kappa shape index (κ1) is 50.7. The van der Waals surface area contributed by atoms with Gasteiger partial charge in [-0.3, -0.25) is 0 Å². The molecule has 0 saturated carbocycles. The van der Waals surface area contributed by atoms with Crippen LogP contribution in [-0.2, 0) is 9.47 Å². The fourth-order valence-corrected chi connectivity index (χ4v) is 7.04. The standard InChI is InChI=1S/C39H84N2O2.2HI/c1-9-11-13-15-16-17-18-19-20-22-27-31-35-43-38-39(36-40(3,4)5,37-41(6,7)8)32-28-24-21-23-26-30-34-42-33-29-25-14-12-10-2;;/h9-38H2,1-8H3;2*1H/q+2;;/p-2. The smallest absolute Gasteiger partial charge is 0.0915 e. The van der Waals surface area contributed by atoms with E-state index in [2.05, 4.69) is 56.1 Å². The van der Waals surface area contributed by atoms with Crippen LogP contribution in [0.25, 0.3) is 0 Å². The first-order valence-corrected chi connectivity index (χ1v) is 19.3. The third-order valence-corrected chi connectivity index (χ3v) is 8.81. The molecule has 0 amide bonds. The molecule has 0 atom stereocenters. The largest absolute Gasteiger partial charge is 1.00 e. The van der Waals surface area contributed by atoms with Crippen molar-refractivity contribution in [2.45, 2.75) is 168 Å². The Morgan fingerprint density at radius 2 is 0.667 bits per heavy atom. The predicted molar refractivity (Wildman–Crippen MR) is 192 cm³/mol. The van der Waals surface area contributed by atoms with E-state index < -0.39 is 0 Å². The molecule has 0 unspecified atom stereocenters. The molecule has 0 rings (SSSR count). The van der Waals surface area contributed by atoms with Crippen LogP contribution < -0.4 is 48.0 Å². The zero-order chi connectivity index (χ0) is 32.1. The minimum Gasteiger partial charge on any atom is -1.00 e. The van der Waals surface area contributed by atoms with Crippen molar-refractivity contribution in [1.82, 2.24) is 0 Å². The predicted octanol–water partition coefficient (Wildman–Crippen LogP) is 4.83. The van der Waals surface area contributed by atoms with Gasteiger partial charge in [0, 0.05) is 19.8 Å². The van der Waals surface area contributed by atoms with E-state index in [0.717, 1.165) is 35.4 Å². The van der Waals surface area contributed by atoms with E-state index in [1.54, 1.807) is 0 Å². The van der Waals surface area contributed by atoms with Crippen LogP contribution >= 0.6 is 0 Å². The second-order valence-electron chi connectivity index (χ2n) is 16.2. The van der Waals surface area contributed by atoms with Crippen molar-refractivity contribution in [2.24, 2.45) is 5.41 Å². The highest BCUT2D eigenvalue weighted by atomic mass is 127. The summed E-state index contributed by atoms with van der Waals surface area (Å²) in [5.41, 5.74) is 0.249. The second-order valence-corrected chi connectivity index (χ2v) is 16.2. The van der Waals surface area contributed by atoms with Crippen LogP contribution in [0.1, 0.15) is 168 Å². The fraction of sp³-hybridized carbons (Fsp3) is 1.00. The van der Waals surface area contributed by atoms with Gasteiger partial charge in [-0.25, -0.2) is 0 Å². The molecule has 0 heterocycles. The third-order valence-electron chi connectivity index (χ3n) is 8.81. The van der Waals surface area contributed by atoms with Crippen molar-refractivity contribution in [1.29, 1.82) is 0 Å². The maximum absolute atomic E-state index is 6.52. The summed E-state index contributed by atoms with van der Waals surface area (Å²) in [5, 5.41) is 0. The van der Waals surface area contributed by atoms with Crippen LogP contribution in [0.2, 0.25) is 0 Å². The molecular weight excluding hydrogens is 782 g/mol. The molecule has 0 N–H and O–H groups in total. The Morgan fingerprint density at radius 3 is 1.00 bits per heavy atom. The van der Waals surface area contributed by atoms with Gasteiger partial charge < -0.3 is 66.4 Å². The number of ether oxygens (including phenoxy) is 2. The normalized spacial score (nSPS) is 12.3. The monoisotopic (exact) mass is 866 g/mol.